The molecule has 3 aromatic rings. The summed E-state index contributed by atoms with van der Waals surface area (Å²) in [6.45, 7) is 10.0. The highest BCUT2D eigenvalue weighted by Crippen LogP contribution is 2.32. The van der Waals surface area contributed by atoms with E-state index in [1.54, 1.807) is 34.9 Å². The van der Waals surface area contributed by atoms with E-state index in [0.717, 1.165) is 32.9 Å². The van der Waals surface area contributed by atoms with Gasteiger partial charge >= 0.3 is 0 Å². The second-order valence-corrected chi connectivity index (χ2v) is 9.98. The van der Waals surface area contributed by atoms with Gasteiger partial charge in [-0.25, -0.2) is 4.98 Å². The summed E-state index contributed by atoms with van der Waals surface area (Å²) < 4.78 is 1.67. The van der Waals surface area contributed by atoms with E-state index in [4.69, 9.17) is 4.98 Å². The summed E-state index contributed by atoms with van der Waals surface area (Å²) in [4.78, 5) is 34.4. The van der Waals surface area contributed by atoms with E-state index in [1.807, 2.05) is 45.9 Å². The Kier molecular flexibility index (Phi) is 6.19. The van der Waals surface area contributed by atoms with Gasteiger partial charge in [0.2, 0.25) is 5.91 Å². The lowest BCUT2D eigenvalue weighted by atomic mass is 10.1. The van der Waals surface area contributed by atoms with Crippen LogP contribution in [0.25, 0.3) is 15.9 Å². The van der Waals surface area contributed by atoms with Crippen LogP contribution in [-0.2, 0) is 11.2 Å². The maximum absolute atomic E-state index is 13.6. The second kappa shape index (κ2) is 8.32. The molecule has 154 valence electrons. The molecule has 0 N–H and O–H groups in total. The zero-order valence-corrected chi connectivity index (χ0v) is 19.6. The van der Waals surface area contributed by atoms with Crippen molar-refractivity contribution in [2.24, 2.45) is 0 Å². The van der Waals surface area contributed by atoms with Gasteiger partial charge in [0.25, 0.3) is 5.56 Å². The molecule has 2 heterocycles. The molecule has 1 aromatic carbocycles. The number of hydrogen-bond acceptors (Lipinski definition) is 5. The number of aromatic nitrogens is 2. The van der Waals surface area contributed by atoms with Gasteiger partial charge in [0, 0.05) is 19.0 Å². The first-order valence-corrected chi connectivity index (χ1v) is 11.4. The summed E-state index contributed by atoms with van der Waals surface area (Å²) in [7, 11) is 3.48. The van der Waals surface area contributed by atoms with Crippen molar-refractivity contribution in [2.75, 3.05) is 14.1 Å². The van der Waals surface area contributed by atoms with Crippen molar-refractivity contribution >= 4 is 39.2 Å². The van der Waals surface area contributed by atoms with Crippen molar-refractivity contribution in [2.45, 2.75) is 51.4 Å². The zero-order chi connectivity index (χ0) is 21.5. The van der Waals surface area contributed by atoms with Crippen LogP contribution in [0.3, 0.4) is 0 Å². The molecule has 1 unspecified atom stereocenters. The summed E-state index contributed by atoms with van der Waals surface area (Å²) in [5.41, 5.74) is 4.06. The summed E-state index contributed by atoms with van der Waals surface area (Å²) >= 11 is 2.88. The molecule has 0 aliphatic rings. The van der Waals surface area contributed by atoms with Gasteiger partial charge in [-0.05, 0) is 62.9 Å². The third-order valence-electron chi connectivity index (χ3n) is 5.17. The predicted octanol–water partition coefficient (Wildman–Crippen LogP) is 4.50. The van der Waals surface area contributed by atoms with Gasteiger partial charge < -0.3 is 4.90 Å². The van der Waals surface area contributed by atoms with Gasteiger partial charge in [-0.15, -0.1) is 11.3 Å². The first-order valence-electron chi connectivity index (χ1n) is 9.66. The largest absolute Gasteiger partial charge is 0.348 e. The highest BCUT2D eigenvalue weighted by molar-refractivity contribution is 8.00. The van der Waals surface area contributed by atoms with E-state index in [1.165, 1.54) is 17.3 Å². The molecule has 0 bridgehead atoms. The number of nitrogens with zero attached hydrogens (tertiary/aromatic N) is 3. The molecule has 0 spiro atoms. The lowest BCUT2D eigenvalue weighted by molar-refractivity contribution is -0.127. The van der Waals surface area contributed by atoms with Crippen molar-refractivity contribution in [3.8, 4) is 5.69 Å². The number of fused-ring (bicyclic) bond motifs is 1. The van der Waals surface area contributed by atoms with E-state index in [0.29, 0.717) is 10.5 Å². The van der Waals surface area contributed by atoms with Crippen LogP contribution in [0.15, 0.2) is 28.2 Å². The Bertz CT molecular complexity index is 1150. The van der Waals surface area contributed by atoms with E-state index in [2.05, 4.69) is 6.92 Å². The molecule has 0 saturated heterocycles. The lowest BCUT2D eigenvalue weighted by Gasteiger charge is -2.18. The van der Waals surface area contributed by atoms with Crippen molar-refractivity contribution in [1.82, 2.24) is 14.5 Å². The fourth-order valence-electron chi connectivity index (χ4n) is 3.37. The predicted molar refractivity (Wildman–Crippen MR) is 123 cm³/mol. The van der Waals surface area contributed by atoms with E-state index < -0.39 is 0 Å². The molecule has 0 radical (unpaired) electrons. The molecule has 2 aromatic heterocycles. The molecule has 3 rings (SSSR count). The van der Waals surface area contributed by atoms with Gasteiger partial charge in [-0.3, -0.25) is 14.2 Å². The number of benzene rings is 1. The number of aryl methyl sites for hydroxylation is 4. The Morgan fingerprint density at radius 1 is 1.24 bits per heavy atom. The fraction of sp³-hybridized carbons (Fsp3) is 0.409. The molecule has 0 fully saturated rings. The van der Waals surface area contributed by atoms with Crippen LogP contribution in [0, 0.1) is 20.8 Å². The van der Waals surface area contributed by atoms with Crippen LogP contribution in [0.2, 0.25) is 0 Å². The van der Waals surface area contributed by atoms with Crippen LogP contribution in [0.5, 0.6) is 0 Å². The Labute approximate surface area is 179 Å². The SMILES string of the molecule is CCc1c(C)sc2nc(SC(C)C(=O)N(C)C)n(-c3ccc(C)c(C)c3)c(=O)c12. The minimum atomic E-state index is -0.348. The standard InChI is InChI=1S/C22H27N3O2S2/c1-8-17-14(4)28-19-18(17)21(27)25(16-10-9-12(2)13(3)11-16)22(23-19)29-15(5)20(26)24(6)7/h9-11,15H,8H2,1-7H3. The molecule has 1 amide bonds. The zero-order valence-electron chi connectivity index (χ0n) is 18.0. The molecular weight excluding hydrogens is 402 g/mol. The number of thiophene rings is 1. The molecule has 7 heteroatoms. The van der Waals surface area contributed by atoms with Crippen LogP contribution < -0.4 is 5.56 Å². The number of carbonyl (C=O) groups is 1. The molecule has 1 atom stereocenters. The van der Waals surface area contributed by atoms with E-state index >= 15 is 0 Å². The Balaban J connectivity index is 2.29. The van der Waals surface area contributed by atoms with Gasteiger partial charge in [0.15, 0.2) is 5.16 Å². The monoisotopic (exact) mass is 429 g/mol. The van der Waals surface area contributed by atoms with Crippen molar-refractivity contribution < 1.29 is 4.79 Å². The van der Waals surface area contributed by atoms with Gasteiger partial charge in [-0.2, -0.15) is 0 Å². The fourth-order valence-corrected chi connectivity index (χ4v) is 5.59. The Morgan fingerprint density at radius 2 is 1.93 bits per heavy atom. The van der Waals surface area contributed by atoms with Gasteiger partial charge in [-0.1, -0.05) is 24.8 Å². The number of amides is 1. The average Bonchev–Trinajstić information content (AvgIpc) is 2.98. The maximum Gasteiger partial charge on any atom is 0.267 e. The van der Waals surface area contributed by atoms with Crippen molar-refractivity contribution in [3.05, 3.63) is 50.1 Å². The second-order valence-electron chi connectivity index (χ2n) is 7.47. The molecule has 29 heavy (non-hydrogen) atoms. The minimum absolute atomic E-state index is 0.00686. The maximum atomic E-state index is 13.6. The number of carbonyl (C=O) groups excluding carboxylic acids is 1. The van der Waals surface area contributed by atoms with Crippen LogP contribution in [0.4, 0.5) is 0 Å². The minimum Gasteiger partial charge on any atom is -0.348 e. The van der Waals surface area contributed by atoms with Gasteiger partial charge in [0.1, 0.15) is 4.83 Å². The summed E-state index contributed by atoms with van der Waals surface area (Å²) in [5.74, 6) is -0.00686. The average molecular weight is 430 g/mol. The van der Waals surface area contributed by atoms with Crippen LogP contribution >= 0.6 is 23.1 Å². The van der Waals surface area contributed by atoms with E-state index in [9.17, 15) is 9.59 Å². The van der Waals surface area contributed by atoms with Crippen molar-refractivity contribution in [1.29, 1.82) is 0 Å². The molecular formula is C22H27N3O2S2. The first-order chi connectivity index (χ1) is 13.6. The first kappa shape index (κ1) is 21.6. The molecule has 0 aliphatic heterocycles. The number of thioether (sulfide) groups is 1. The Hall–Kier alpha value is -2.12. The Morgan fingerprint density at radius 3 is 2.52 bits per heavy atom. The third kappa shape index (κ3) is 3.98. The van der Waals surface area contributed by atoms with Crippen LogP contribution in [0.1, 0.15) is 35.4 Å². The quantitative estimate of drug-likeness (QED) is 0.442. The number of rotatable bonds is 5. The highest BCUT2D eigenvalue weighted by atomic mass is 32.2. The van der Waals surface area contributed by atoms with Crippen molar-refractivity contribution in [3.63, 3.8) is 0 Å². The molecule has 0 aliphatic carbocycles. The van der Waals surface area contributed by atoms with E-state index in [-0.39, 0.29) is 16.7 Å². The summed E-state index contributed by atoms with van der Waals surface area (Å²) in [5, 5.41) is 0.903. The summed E-state index contributed by atoms with van der Waals surface area (Å²) in [6, 6.07) is 5.98. The summed E-state index contributed by atoms with van der Waals surface area (Å²) in [6.07, 6.45) is 0.789. The number of hydrogen-bond donors (Lipinski definition) is 0. The smallest absolute Gasteiger partial charge is 0.267 e. The van der Waals surface area contributed by atoms with Crippen LogP contribution in [-0.4, -0.2) is 39.7 Å². The molecule has 0 saturated carbocycles. The normalized spacial score (nSPS) is 12.4. The topological polar surface area (TPSA) is 55.2 Å². The van der Waals surface area contributed by atoms with Gasteiger partial charge in [0.05, 0.1) is 16.3 Å². The third-order valence-corrected chi connectivity index (χ3v) is 7.25. The lowest BCUT2D eigenvalue weighted by Crippen LogP contribution is -2.31. The molecule has 5 nitrogen and oxygen atoms in total. The highest BCUT2D eigenvalue weighted by Gasteiger charge is 2.23.